The fourth-order valence-electron chi connectivity index (χ4n) is 5.24. The molecule has 2 aliphatic rings. The molecule has 0 spiro atoms. The number of carbonyl (C=O) groups excluding carboxylic acids is 1. The lowest BCUT2D eigenvalue weighted by Crippen LogP contribution is -2.43. The molecule has 2 saturated carbocycles. The average molecular weight is 581 g/mol. The number of aliphatic hydroxyl groups is 2. The Bertz CT molecular complexity index is 1690. The minimum atomic E-state index is -1.69. The molecule has 0 unspecified atom stereocenters. The van der Waals surface area contributed by atoms with Crippen molar-refractivity contribution in [1.82, 2.24) is 20.1 Å². The maximum absolute atomic E-state index is 15.6. The number of fused-ring (bicyclic) bond motifs is 1. The lowest BCUT2D eigenvalue weighted by atomic mass is 9.87. The minimum absolute atomic E-state index is 0.0788. The second-order valence-electron chi connectivity index (χ2n) is 11.8. The molecule has 2 aromatic carbocycles. The zero-order chi connectivity index (χ0) is 30.0. The number of amides is 1. The van der Waals surface area contributed by atoms with Gasteiger partial charge in [-0.1, -0.05) is 0 Å². The van der Waals surface area contributed by atoms with E-state index in [-0.39, 0.29) is 40.5 Å². The molecule has 2 aliphatic carbocycles. The first-order valence-electron chi connectivity index (χ1n) is 13.8. The number of hydrogen-bond acceptors (Lipinski definition) is 6. The summed E-state index contributed by atoms with van der Waals surface area (Å²) < 4.78 is 50.6. The van der Waals surface area contributed by atoms with E-state index in [1.807, 2.05) is 0 Å². The second-order valence-corrected chi connectivity index (χ2v) is 11.8. The summed E-state index contributed by atoms with van der Waals surface area (Å²) in [7, 11) is 1.43. The molecule has 0 saturated heterocycles. The summed E-state index contributed by atoms with van der Waals surface area (Å²) in [5.41, 5.74) is -2.56. The second kappa shape index (κ2) is 9.81. The van der Waals surface area contributed by atoms with Crippen molar-refractivity contribution in [2.24, 2.45) is 5.92 Å². The lowest BCUT2D eigenvalue weighted by Gasteiger charge is -2.30. The highest BCUT2D eigenvalue weighted by Gasteiger charge is 2.48. The van der Waals surface area contributed by atoms with E-state index in [0.29, 0.717) is 42.3 Å². The predicted octanol–water partition coefficient (Wildman–Crippen LogP) is 5.06. The number of methoxy groups -OCH3 is 1. The summed E-state index contributed by atoms with van der Waals surface area (Å²) in [4.78, 5) is 17.8. The third kappa shape index (κ3) is 5.00. The number of benzene rings is 2. The minimum Gasteiger partial charge on any atom is -0.494 e. The molecular formula is C31H31F3N4O4. The summed E-state index contributed by atoms with van der Waals surface area (Å²) in [6, 6.07) is 9.49. The number of rotatable bonds is 9. The number of aromatic nitrogens is 3. The highest BCUT2D eigenvalue weighted by Crippen LogP contribution is 2.47. The van der Waals surface area contributed by atoms with Crippen molar-refractivity contribution in [1.29, 1.82) is 0 Å². The van der Waals surface area contributed by atoms with Crippen molar-refractivity contribution in [2.75, 3.05) is 13.7 Å². The van der Waals surface area contributed by atoms with Crippen LogP contribution in [0.15, 0.2) is 48.7 Å². The lowest BCUT2D eigenvalue weighted by molar-refractivity contribution is 0.00864. The molecule has 6 rings (SSSR count). The van der Waals surface area contributed by atoms with E-state index in [2.05, 4.69) is 15.4 Å². The molecule has 0 radical (unpaired) electrons. The van der Waals surface area contributed by atoms with Gasteiger partial charge in [0.05, 0.1) is 24.9 Å². The van der Waals surface area contributed by atoms with Gasteiger partial charge in [0.25, 0.3) is 5.91 Å². The number of hydrogen-bond donors (Lipinski definition) is 3. The molecule has 11 heteroatoms. The number of ether oxygens (including phenoxy) is 1. The fourth-order valence-corrected chi connectivity index (χ4v) is 5.24. The zero-order valence-electron chi connectivity index (χ0n) is 23.4. The third-order valence-corrected chi connectivity index (χ3v) is 8.08. The van der Waals surface area contributed by atoms with Crippen LogP contribution in [-0.2, 0) is 17.0 Å². The Balaban J connectivity index is 1.34. The summed E-state index contributed by atoms with van der Waals surface area (Å²) in [6.07, 6.45) is 3.58. The van der Waals surface area contributed by atoms with E-state index in [0.717, 1.165) is 0 Å². The van der Waals surface area contributed by atoms with Gasteiger partial charge in [-0.2, -0.15) is 5.10 Å². The molecule has 0 aliphatic heterocycles. The quantitative estimate of drug-likeness (QED) is 0.256. The summed E-state index contributed by atoms with van der Waals surface area (Å²) >= 11 is 0. The molecule has 1 atom stereocenters. The zero-order valence-corrected chi connectivity index (χ0v) is 23.4. The molecule has 42 heavy (non-hydrogen) atoms. The number of alkyl halides is 1. The molecule has 220 valence electrons. The van der Waals surface area contributed by atoms with Crippen LogP contribution in [0.3, 0.4) is 0 Å². The van der Waals surface area contributed by atoms with E-state index < -0.39 is 34.5 Å². The van der Waals surface area contributed by atoms with Gasteiger partial charge in [0.2, 0.25) is 5.79 Å². The summed E-state index contributed by atoms with van der Waals surface area (Å²) in [5.74, 6) is -3.31. The van der Waals surface area contributed by atoms with E-state index in [9.17, 15) is 23.8 Å². The molecule has 3 N–H and O–H groups in total. The van der Waals surface area contributed by atoms with E-state index in [1.165, 1.54) is 62.0 Å². The topological polar surface area (TPSA) is 110 Å². The third-order valence-electron chi connectivity index (χ3n) is 8.08. The first kappa shape index (κ1) is 28.2. The molecule has 1 amide bonds. The van der Waals surface area contributed by atoms with Crippen LogP contribution in [-0.4, -0.2) is 44.5 Å². The normalized spacial score (nSPS) is 17.6. The Kier molecular flexibility index (Phi) is 6.58. The van der Waals surface area contributed by atoms with Gasteiger partial charge in [-0.05, 0) is 75.1 Å². The molecular weight excluding hydrogens is 549 g/mol. The fraction of sp³-hybridized carbons (Fsp3) is 0.387. The van der Waals surface area contributed by atoms with Crippen molar-refractivity contribution in [2.45, 2.75) is 56.5 Å². The summed E-state index contributed by atoms with van der Waals surface area (Å²) in [5, 5.41) is 30.3. The monoisotopic (exact) mass is 580 g/mol. The molecule has 2 aromatic heterocycles. The number of nitrogens with zero attached hydrogens (tertiary/aromatic N) is 3. The molecule has 8 nitrogen and oxygen atoms in total. The molecule has 4 aromatic rings. The van der Waals surface area contributed by atoms with Crippen molar-refractivity contribution < 1.29 is 32.9 Å². The van der Waals surface area contributed by atoms with Gasteiger partial charge in [-0.3, -0.25) is 4.79 Å². The van der Waals surface area contributed by atoms with Crippen LogP contribution >= 0.6 is 0 Å². The van der Waals surface area contributed by atoms with Gasteiger partial charge in [0, 0.05) is 41.1 Å². The van der Waals surface area contributed by atoms with Gasteiger partial charge in [0.15, 0.2) is 5.82 Å². The Labute approximate surface area is 240 Å². The van der Waals surface area contributed by atoms with Crippen LogP contribution in [0.2, 0.25) is 0 Å². The average Bonchev–Trinajstić information content (AvgIpc) is 3.89. The van der Waals surface area contributed by atoms with E-state index in [4.69, 9.17) is 4.74 Å². The highest BCUT2D eigenvalue weighted by atomic mass is 19.2. The van der Waals surface area contributed by atoms with Crippen LogP contribution < -0.4 is 10.1 Å². The van der Waals surface area contributed by atoms with E-state index in [1.54, 1.807) is 12.3 Å². The van der Waals surface area contributed by atoms with Gasteiger partial charge in [0.1, 0.15) is 28.4 Å². The van der Waals surface area contributed by atoms with Crippen molar-refractivity contribution in [3.8, 4) is 17.0 Å². The molecule has 0 bridgehead atoms. The number of carbonyl (C=O) groups is 1. The maximum Gasteiger partial charge on any atom is 0.251 e. The predicted molar refractivity (Wildman–Crippen MR) is 148 cm³/mol. The van der Waals surface area contributed by atoms with Crippen LogP contribution in [0.25, 0.3) is 22.2 Å². The van der Waals surface area contributed by atoms with Gasteiger partial charge in [-0.25, -0.2) is 22.8 Å². The largest absolute Gasteiger partial charge is 0.494 e. The highest BCUT2D eigenvalue weighted by molar-refractivity contribution is 5.99. The van der Waals surface area contributed by atoms with E-state index >= 15 is 4.39 Å². The SMILES string of the molecule is COc1cc(C(=O)NC[C@](O)(c2cc(C(C)(C)O)c(F)c(-c3ccc(F)cc3)n2)C2CC2)cc2cn(C3(F)CC3)nc12. The Morgan fingerprint density at radius 1 is 1.14 bits per heavy atom. The number of pyridine rings is 1. The number of nitrogens with one attached hydrogen (secondary N) is 1. The molecule has 2 fully saturated rings. The Morgan fingerprint density at radius 2 is 1.83 bits per heavy atom. The van der Waals surface area contributed by atoms with Crippen molar-refractivity contribution in [3.63, 3.8) is 0 Å². The Morgan fingerprint density at radius 3 is 2.43 bits per heavy atom. The van der Waals surface area contributed by atoms with Crippen LogP contribution in [0.5, 0.6) is 5.75 Å². The number of halogens is 3. The van der Waals surface area contributed by atoms with Gasteiger partial charge >= 0.3 is 0 Å². The smallest absolute Gasteiger partial charge is 0.251 e. The van der Waals surface area contributed by atoms with Crippen LogP contribution in [0, 0.1) is 17.6 Å². The van der Waals surface area contributed by atoms with Crippen LogP contribution in [0.1, 0.15) is 61.1 Å². The summed E-state index contributed by atoms with van der Waals surface area (Å²) in [6.45, 7) is 2.58. The standard InChI is InChI=1S/C31H31F3N4O4/c1-29(2,40)22-14-24(36-27(25(22)33)17-4-8-21(32)9-5-17)31(41,20-6-7-20)16-35-28(39)18-12-19-15-38(30(34)10-11-30)37-26(19)23(13-18)42-3/h4-5,8-9,12-15,20,40-41H,6-7,10-11,16H2,1-3H3,(H,35,39)/t31-/m1/s1. The van der Waals surface area contributed by atoms with Crippen molar-refractivity contribution >= 4 is 16.8 Å². The maximum atomic E-state index is 15.6. The Hall–Kier alpha value is -3.96. The van der Waals surface area contributed by atoms with Crippen LogP contribution in [0.4, 0.5) is 13.2 Å². The van der Waals surface area contributed by atoms with Gasteiger partial charge in [-0.15, -0.1) is 0 Å². The molecule has 2 heterocycles. The first-order chi connectivity index (χ1) is 19.8. The first-order valence-corrected chi connectivity index (χ1v) is 13.8. The van der Waals surface area contributed by atoms with Gasteiger partial charge < -0.3 is 20.3 Å². The van der Waals surface area contributed by atoms with Crippen molar-refractivity contribution in [3.05, 3.63) is 77.1 Å².